The maximum absolute atomic E-state index is 3.79. The number of hydrogen-bond acceptors (Lipinski definition) is 2. The maximum Gasteiger partial charge on any atom is 0.00860 e. The molecule has 0 saturated heterocycles. The van der Waals surface area contributed by atoms with Crippen molar-refractivity contribution in [2.45, 2.75) is 39.2 Å². The Morgan fingerprint density at radius 3 is 2.75 bits per heavy atom. The molecule has 0 spiro atoms. The van der Waals surface area contributed by atoms with E-state index in [0.29, 0.717) is 17.9 Å². The Kier molecular flexibility index (Phi) is 5.78. The molecule has 0 radical (unpaired) electrons. The normalized spacial score (nSPS) is 16.7. The largest absolute Gasteiger partial charge is 0.313 e. The highest BCUT2D eigenvalue weighted by Crippen LogP contribution is 2.20. The van der Waals surface area contributed by atoms with Crippen LogP contribution >= 0.6 is 11.3 Å². The van der Waals surface area contributed by atoms with Gasteiger partial charge in [0.1, 0.15) is 0 Å². The summed E-state index contributed by atoms with van der Waals surface area (Å²) in [6.07, 6.45) is 3.09. The van der Waals surface area contributed by atoms with Crippen molar-refractivity contribution in [1.29, 1.82) is 0 Å². The Labute approximate surface area is 104 Å². The van der Waals surface area contributed by atoms with Crippen LogP contribution < -0.4 is 5.32 Å². The van der Waals surface area contributed by atoms with E-state index < -0.39 is 0 Å². The van der Waals surface area contributed by atoms with Crippen LogP contribution in [0.4, 0.5) is 0 Å². The van der Waals surface area contributed by atoms with Gasteiger partial charge in [-0.25, -0.2) is 0 Å². The van der Waals surface area contributed by atoms with Crippen LogP contribution in [0.2, 0.25) is 0 Å². The lowest BCUT2D eigenvalue weighted by atomic mass is 9.99. The average molecular weight is 237 g/mol. The van der Waals surface area contributed by atoms with E-state index in [1.807, 2.05) is 17.4 Å². The van der Waals surface area contributed by atoms with Crippen LogP contribution in [0, 0.1) is 5.92 Å². The van der Waals surface area contributed by atoms with Gasteiger partial charge in [0.05, 0.1) is 0 Å². The second-order valence-electron chi connectivity index (χ2n) is 4.62. The lowest BCUT2D eigenvalue weighted by molar-refractivity contribution is 0.396. The summed E-state index contributed by atoms with van der Waals surface area (Å²) in [5.41, 5.74) is 0. The first-order chi connectivity index (χ1) is 7.65. The van der Waals surface area contributed by atoms with Gasteiger partial charge in [0.15, 0.2) is 0 Å². The van der Waals surface area contributed by atoms with Crippen molar-refractivity contribution < 1.29 is 0 Å². The molecular weight excluding hydrogens is 214 g/mol. The molecule has 0 aromatic carbocycles. The van der Waals surface area contributed by atoms with Gasteiger partial charge in [0.2, 0.25) is 0 Å². The molecule has 1 heterocycles. The van der Waals surface area contributed by atoms with Gasteiger partial charge in [-0.1, -0.05) is 26.0 Å². The quantitative estimate of drug-likeness (QED) is 0.706. The first-order valence-electron chi connectivity index (χ1n) is 6.02. The summed E-state index contributed by atoms with van der Waals surface area (Å²) in [5, 5.41) is 5.76. The zero-order valence-electron chi connectivity index (χ0n) is 10.6. The van der Waals surface area contributed by atoms with E-state index in [4.69, 9.17) is 0 Å². The molecule has 90 valence electrons. The van der Waals surface area contributed by atoms with Crippen molar-refractivity contribution >= 4 is 11.3 Å². The van der Waals surface area contributed by atoms with Crippen molar-refractivity contribution in [3.63, 3.8) is 0 Å². The van der Waals surface area contributed by atoms with Gasteiger partial charge >= 0.3 is 0 Å². The zero-order valence-corrected chi connectivity index (χ0v) is 11.4. The third-order valence-corrected chi connectivity index (χ3v) is 4.27. The number of allylic oxidation sites excluding steroid dienone is 1. The fraction of sp³-hybridized carbons (Fsp3) is 0.571. The minimum absolute atomic E-state index is 0.556. The Morgan fingerprint density at radius 1 is 1.44 bits per heavy atom. The molecule has 16 heavy (non-hydrogen) atoms. The number of nitrogens with one attached hydrogen (secondary N) is 1. The molecule has 3 unspecified atom stereocenters. The zero-order chi connectivity index (χ0) is 12.0. The van der Waals surface area contributed by atoms with E-state index in [-0.39, 0.29) is 0 Å². The van der Waals surface area contributed by atoms with Crippen molar-refractivity contribution in [3.8, 4) is 0 Å². The van der Waals surface area contributed by atoms with Gasteiger partial charge in [-0.3, -0.25) is 0 Å². The topological polar surface area (TPSA) is 12.0 Å². The Morgan fingerprint density at radius 2 is 2.19 bits per heavy atom. The Hall–Kier alpha value is -0.600. The van der Waals surface area contributed by atoms with Gasteiger partial charge in [-0.15, -0.1) is 17.9 Å². The van der Waals surface area contributed by atoms with E-state index in [1.54, 1.807) is 0 Å². The molecule has 0 aliphatic heterocycles. The summed E-state index contributed by atoms with van der Waals surface area (Å²) < 4.78 is 0. The fourth-order valence-electron chi connectivity index (χ4n) is 1.70. The molecule has 0 bridgehead atoms. The molecule has 0 amide bonds. The summed E-state index contributed by atoms with van der Waals surface area (Å²) in [6, 6.07) is 4.90. The van der Waals surface area contributed by atoms with Gasteiger partial charge in [0.25, 0.3) is 0 Å². The maximum atomic E-state index is 3.79. The molecule has 1 aromatic heterocycles. The minimum atomic E-state index is 0.556. The van der Waals surface area contributed by atoms with Gasteiger partial charge < -0.3 is 5.32 Å². The summed E-state index contributed by atoms with van der Waals surface area (Å²) in [6.45, 7) is 11.7. The van der Waals surface area contributed by atoms with E-state index in [2.05, 4.69) is 50.2 Å². The Bertz CT molecular complexity index is 292. The summed E-state index contributed by atoms with van der Waals surface area (Å²) in [4.78, 5) is 1.47. The third kappa shape index (κ3) is 4.11. The van der Waals surface area contributed by atoms with Crippen molar-refractivity contribution in [3.05, 3.63) is 35.0 Å². The molecule has 0 aliphatic carbocycles. The SMILES string of the molecule is C=CCC(C)C(C)NCC(C)c1cccs1. The van der Waals surface area contributed by atoms with E-state index in [0.717, 1.165) is 13.0 Å². The summed E-state index contributed by atoms with van der Waals surface area (Å²) in [7, 11) is 0. The summed E-state index contributed by atoms with van der Waals surface area (Å²) >= 11 is 1.85. The molecule has 1 aromatic rings. The number of rotatable bonds is 7. The van der Waals surface area contributed by atoms with Crippen LogP contribution in [0.5, 0.6) is 0 Å². The van der Waals surface area contributed by atoms with Crippen molar-refractivity contribution in [2.75, 3.05) is 6.54 Å². The predicted molar refractivity (Wildman–Crippen MR) is 74.2 cm³/mol. The highest BCUT2D eigenvalue weighted by molar-refractivity contribution is 7.10. The van der Waals surface area contributed by atoms with E-state index in [9.17, 15) is 0 Å². The lowest BCUT2D eigenvalue weighted by Gasteiger charge is -2.22. The van der Waals surface area contributed by atoms with Gasteiger partial charge in [-0.2, -0.15) is 0 Å². The first kappa shape index (κ1) is 13.5. The first-order valence-corrected chi connectivity index (χ1v) is 6.90. The average Bonchev–Trinajstić information content (AvgIpc) is 2.79. The standard InChI is InChI=1S/C14H23NS/c1-5-7-11(2)13(4)15-10-12(3)14-8-6-9-16-14/h5-6,8-9,11-13,15H,1,7,10H2,2-4H3. The van der Waals surface area contributed by atoms with Gasteiger partial charge in [-0.05, 0) is 30.7 Å². The molecule has 1 rings (SSSR count). The highest BCUT2D eigenvalue weighted by Gasteiger charge is 2.12. The summed E-state index contributed by atoms with van der Waals surface area (Å²) in [5.74, 6) is 1.27. The lowest BCUT2D eigenvalue weighted by Crippen LogP contribution is -2.34. The molecule has 2 heteroatoms. The third-order valence-electron chi connectivity index (χ3n) is 3.17. The molecule has 1 nitrogen and oxygen atoms in total. The smallest absolute Gasteiger partial charge is 0.00860 e. The molecule has 0 aliphatic rings. The predicted octanol–water partition coefficient (Wildman–Crippen LogP) is 4.04. The second-order valence-corrected chi connectivity index (χ2v) is 5.59. The Balaban J connectivity index is 2.31. The minimum Gasteiger partial charge on any atom is -0.313 e. The van der Waals surface area contributed by atoms with Crippen LogP contribution in [-0.2, 0) is 0 Å². The van der Waals surface area contributed by atoms with Crippen LogP contribution in [0.1, 0.15) is 38.0 Å². The van der Waals surface area contributed by atoms with Gasteiger partial charge in [0, 0.05) is 23.4 Å². The van der Waals surface area contributed by atoms with E-state index in [1.165, 1.54) is 4.88 Å². The van der Waals surface area contributed by atoms with Crippen LogP contribution in [0.3, 0.4) is 0 Å². The molecule has 0 saturated carbocycles. The van der Waals surface area contributed by atoms with Crippen molar-refractivity contribution in [1.82, 2.24) is 5.32 Å². The highest BCUT2D eigenvalue weighted by atomic mass is 32.1. The van der Waals surface area contributed by atoms with Crippen LogP contribution in [0.15, 0.2) is 30.2 Å². The van der Waals surface area contributed by atoms with E-state index >= 15 is 0 Å². The molecule has 1 N–H and O–H groups in total. The van der Waals surface area contributed by atoms with Crippen LogP contribution in [0.25, 0.3) is 0 Å². The monoisotopic (exact) mass is 237 g/mol. The number of hydrogen-bond donors (Lipinski definition) is 1. The van der Waals surface area contributed by atoms with Crippen molar-refractivity contribution in [2.24, 2.45) is 5.92 Å². The van der Waals surface area contributed by atoms with Crippen LogP contribution in [-0.4, -0.2) is 12.6 Å². The molecule has 3 atom stereocenters. The number of thiophene rings is 1. The fourth-order valence-corrected chi connectivity index (χ4v) is 2.49. The molecule has 0 fully saturated rings. The molecular formula is C14H23NS. The second kappa shape index (κ2) is 6.87.